The van der Waals surface area contributed by atoms with Gasteiger partial charge in [-0.1, -0.05) is 12.1 Å². The second-order valence-electron chi connectivity index (χ2n) is 7.33. The summed E-state index contributed by atoms with van der Waals surface area (Å²) in [4.78, 5) is 39.0. The first kappa shape index (κ1) is 20.0. The number of benzene rings is 1. The van der Waals surface area contributed by atoms with E-state index in [1.165, 1.54) is 0 Å². The lowest BCUT2D eigenvalue weighted by atomic mass is 10.0. The maximum absolute atomic E-state index is 12.4. The summed E-state index contributed by atoms with van der Waals surface area (Å²) in [5.41, 5.74) is 1.13. The molecule has 0 bridgehead atoms. The lowest BCUT2D eigenvalue weighted by Gasteiger charge is -2.36. The maximum Gasteiger partial charge on any atom is 0.317 e. The van der Waals surface area contributed by atoms with E-state index in [1.54, 1.807) is 16.9 Å². The van der Waals surface area contributed by atoms with E-state index in [-0.39, 0.29) is 30.9 Å². The highest BCUT2D eigenvalue weighted by Gasteiger charge is 2.39. The lowest BCUT2D eigenvalue weighted by Crippen LogP contribution is -2.50. The van der Waals surface area contributed by atoms with Gasteiger partial charge < -0.3 is 25.0 Å². The molecule has 3 amide bonds. The predicted molar refractivity (Wildman–Crippen MR) is 102 cm³/mol. The smallest absolute Gasteiger partial charge is 0.317 e. The average Bonchev–Trinajstić information content (AvgIpc) is 3.10. The van der Waals surface area contributed by atoms with Crippen molar-refractivity contribution >= 4 is 17.9 Å². The van der Waals surface area contributed by atoms with E-state index in [0.29, 0.717) is 32.5 Å². The molecule has 0 aliphatic carbocycles. The van der Waals surface area contributed by atoms with Crippen molar-refractivity contribution in [2.75, 3.05) is 33.3 Å². The Balaban J connectivity index is 1.40. The number of carboxylic acids is 1. The Morgan fingerprint density at radius 1 is 1.21 bits per heavy atom. The third kappa shape index (κ3) is 4.74. The van der Waals surface area contributed by atoms with E-state index < -0.39 is 11.9 Å². The van der Waals surface area contributed by atoms with Gasteiger partial charge in [0.15, 0.2) is 0 Å². The molecule has 3 rings (SSSR count). The van der Waals surface area contributed by atoms with Crippen molar-refractivity contribution in [2.45, 2.75) is 31.7 Å². The highest BCUT2D eigenvalue weighted by molar-refractivity contribution is 5.86. The number of rotatable bonds is 6. The van der Waals surface area contributed by atoms with Crippen LogP contribution in [0.3, 0.4) is 0 Å². The fraction of sp³-hybridized carbons (Fsp3) is 0.550. The van der Waals surface area contributed by atoms with Gasteiger partial charge in [-0.15, -0.1) is 0 Å². The lowest BCUT2D eigenvalue weighted by molar-refractivity contribution is -0.141. The van der Waals surface area contributed by atoms with Crippen LogP contribution in [0.1, 0.15) is 24.8 Å². The number of nitrogens with zero attached hydrogens (tertiary/aromatic N) is 2. The number of aliphatic carboxylic acids is 1. The largest absolute Gasteiger partial charge is 0.497 e. The Bertz CT molecular complexity index is 713. The molecule has 1 aromatic rings. The molecule has 0 saturated carbocycles. The monoisotopic (exact) mass is 389 g/mol. The molecular weight excluding hydrogens is 362 g/mol. The second-order valence-corrected chi connectivity index (χ2v) is 7.33. The quantitative estimate of drug-likeness (QED) is 0.765. The van der Waals surface area contributed by atoms with E-state index >= 15 is 0 Å². The van der Waals surface area contributed by atoms with Crippen LogP contribution in [0.15, 0.2) is 24.3 Å². The van der Waals surface area contributed by atoms with Gasteiger partial charge in [-0.3, -0.25) is 9.59 Å². The van der Waals surface area contributed by atoms with Crippen LogP contribution in [-0.4, -0.2) is 72.1 Å². The molecular formula is C20H27N3O5. The molecule has 1 unspecified atom stereocenters. The van der Waals surface area contributed by atoms with E-state index in [2.05, 4.69) is 5.32 Å². The molecule has 2 heterocycles. The third-order valence-corrected chi connectivity index (χ3v) is 5.55. The first-order valence-electron chi connectivity index (χ1n) is 9.66. The van der Waals surface area contributed by atoms with Crippen LogP contribution in [0.4, 0.5) is 4.79 Å². The van der Waals surface area contributed by atoms with E-state index in [4.69, 9.17) is 9.84 Å². The zero-order valence-electron chi connectivity index (χ0n) is 16.1. The van der Waals surface area contributed by atoms with Crippen LogP contribution in [0, 0.1) is 5.92 Å². The molecule has 0 spiro atoms. The van der Waals surface area contributed by atoms with Gasteiger partial charge in [0, 0.05) is 38.6 Å². The first-order chi connectivity index (χ1) is 13.5. The van der Waals surface area contributed by atoms with Crippen LogP contribution >= 0.6 is 0 Å². The van der Waals surface area contributed by atoms with Crippen LogP contribution < -0.4 is 10.1 Å². The van der Waals surface area contributed by atoms with Gasteiger partial charge >= 0.3 is 12.0 Å². The number of nitrogens with one attached hydrogen (secondary N) is 1. The van der Waals surface area contributed by atoms with Crippen molar-refractivity contribution in [3.05, 3.63) is 29.8 Å². The number of likely N-dealkylation sites (tertiary alicyclic amines) is 2. The van der Waals surface area contributed by atoms with E-state index in [0.717, 1.165) is 17.7 Å². The van der Waals surface area contributed by atoms with Gasteiger partial charge in [-0.05, 0) is 37.0 Å². The summed E-state index contributed by atoms with van der Waals surface area (Å²) in [6, 6.07) is 7.69. The van der Waals surface area contributed by atoms with Crippen molar-refractivity contribution in [1.29, 1.82) is 0 Å². The molecule has 28 heavy (non-hydrogen) atoms. The Morgan fingerprint density at radius 3 is 2.46 bits per heavy atom. The van der Waals surface area contributed by atoms with Gasteiger partial charge in [-0.2, -0.15) is 0 Å². The molecule has 1 aromatic carbocycles. The molecule has 2 aliphatic heterocycles. The Labute approximate surface area is 164 Å². The van der Waals surface area contributed by atoms with Crippen LogP contribution in [0.2, 0.25) is 0 Å². The van der Waals surface area contributed by atoms with Crippen molar-refractivity contribution in [1.82, 2.24) is 15.1 Å². The molecule has 0 radical (unpaired) electrons. The van der Waals surface area contributed by atoms with Crippen LogP contribution in [-0.2, 0) is 16.0 Å². The summed E-state index contributed by atoms with van der Waals surface area (Å²) in [6.07, 6.45) is 2.19. The summed E-state index contributed by atoms with van der Waals surface area (Å²) >= 11 is 0. The van der Waals surface area contributed by atoms with Crippen molar-refractivity contribution < 1.29 is 24.2 Å². The molecule has 2 fully saturated rings. The van der Waals surface area contributed by atoms with Gasteiger partial charge in [0.1, 0.15) is 5.75 Å². The number of hydrogen-bond donors (Lipinski definition) is 2. The SMILES string of the molecule is COc1ccc(CCNC(=O)N2CCC(N3CC(C(=O)O)CC3=O)CC2)cc1. The van der Waals surface area contributed by atoms with Gasteiger partial charge in [0.05, 0.1) is 13.0 Å². The van der Waals surface area contributed by atoms with Gasteiger partial charge in [-0.25, -0.2) is 4.79 Å². The highest BCUT2D eigenvalue weighted by atomic mass is 16.5. The number of ether oxygens (including phenoxy) is 1. The van der Waals surface area contributed by atoms with Crippen molar-refractivity contribution in [3.63, 3.8) is 0 Å². The van der Waals surface area contributed by atoms with Crippen LogP contribution in [0.25, 0.3) is 0 Å². The minimum Gasteiger partial charge on any atom is -0.497 e. The standard InChI is InChI=1S/C20H27N3O5/c1-28-17-4-2-14(3-5-17)6-9-21-20(27)22-10-7-16(8-11-22)23-13-15(19(25)26)12-18(23)24/h2-5,15-16H,6-13H2,1H3,(H,21,27)(H,25,26). The van der Waals surface area contributed by atoms with Gasteiger partial charge in [0.25, 0.3) is 0 Å². The molecule has 2 saturated heterocycles. The number of carbonyl (C=O) groups is 3. The summed E-state index contributed by atoms with van der Waals surface area (Å²) in [6.45, 7) is 1.98. The molecule has 8 nitrogen and oxygen atoms in total. The zero-order valence-corrected chi connectivity index (χ0v) is 16.1. The molecule has 2 aliphatic rings. The summed E-state index contributed by atoms with van der Waals surface area (Å²) < 4.78 is 5.13. The van der Waals surface area contributed by atoms with Crippen molar-refractivity contribution in [2.24, 2.45) is 5.92 Å². The Kier molecular flexibility index (Phi) is 6.38. The number of methoxy groups -OCH3 is 1. The number of carbonyl (C=O) groups excluding carboxylic acids is 2. The number of piperidine rings is 1. The zero-order chi connectivity index (χ0) is 20.1. The maximum atomic E-state index is 12.4. The first-order valence-corrected chi connectivity index (χ1v) is 9.66. The summed E-state index contributed by atoms with van der Waals surface area (Å²) in [5.74, 6) is -0.798. The number of hydrogen-bond acceptors (Lipinski definition) is 4. The normalized spacial score (nSPS) is 20.3. The number of amides is 3. The fourth-order valence-electron chi connectivity index (χ4n) is 3.85. The minimum atomic E-state index is -0.912. The summed E-state index contributed by atoms with van der Waals surface area (Å²) in [5, 5.41) is 12.0. The molecule has 8 heteroatoms. The van der Waals surface area contributed by atoms with E-state index in [9.17, 15) is 14.4 Å². The van der Waals surface area contributed by atoms with E-state index in [1.807, 2.05) is 24.3 Å². The molecule has 152 valence electrons. The average molecular weight is 389 g/mol. The number of carboxylic acid groups (broad SMARTS) is 1. The van der Waals surface area contributed by atoms with Gasteiger partial charge in [0.2, 0.25) is 5.91 Å². The van der Waals surface area contributed by atoms with Crippen molar-refractivity contribution in [3.8, 4) is 5.75 Å². The fourth-order valence-corrected chi connectivity index (χ4v) is 3.85. The third-order valence-electron chi connectivity index (χ3n) is 5.55. The molecule has 0 aromatic heterocycles. The highest BCUT2D eigenvalue weighted by Crippen LogP contribution is 2.25. The Morgan fingerprint density at radius 2 is 1.89 bits per heavy atom. The Hall–Kier alpha value is -2.77. The minimum absolute atomic E-state index is 0.0280. The second kappa shape index (κ2) is 8.95. The van der Waals surface area contributed by atoms with Crippen LogP contribution in [0.5, 0.6) is 5.75 Å². The topological polar surface area (TPSA) is 99.2 Å². The molecule has 2 N–H and O–H groups in total. The predicted octanol–water partition coefficient (Wildman–Crippen LogP) is 1.34. The summed E-state index contributed by atoms with van der Waals surface area (Å²) in [7, 11) is 1.63. The molecule has 1 atom stereocenters. The number of urea groups is 1.